The van der Waals surface area contributed by atoms with Crippen molar-refractivity contribution in [2.24, 2.45) is 0 Å². The number of rotatable bonds is 7. The van der Waals surface area contributed by atoms with Crippen molar-refractivity contribution in [3.05, 3.63) is 92.4 Å². The molecule has 3 aromatic carbocycles. The Hall–Kier alpha value is -2.30. The first-order chi connectivity index (χ1) is 16.3. The summed E-state index contributed by atoms with van der Waals surface area (Å²) in [5.41, 5.74) is -0.678. The van der Waals surface area contributed by atoms with Gasteiger partial charge in [-0.05, 0) is 49.4 Å². The molecular weight excluding hydrogens is 548 g/mol. The molecule has 1 N–H and O–H groups in total. The van der Waals surface area contributed by atoms with Crippen molar-refractivity contribution in [3.63, 3.8) is 0 Å². The molecule has 0 aliphatic carbocycles. The molecule has 0 atom stereocenters. The molecule has 3 rings (SSSR count). The van der Waals surface area contributed by atoms with E-state index in [9.17, 15) is 26.4 Å². The van der Waals surface area contributed by atoms with Crippen LogP contribution in [-0.2, 0) is 27.5 Å². The van der Waals surface area contributed by atoms with E-state index in [1.54, 1.807) is 25.1 Å². The standard InChI is InChI=1S/C23H18Cl3F3N2O3S/c1-14-5-8-16(9-6-14)35(33,34)31(12-17-19(25)3-2-4-20(17)26)13-22(32)30-21-10-7-15(24)11-18(21)23(27,28)29/h2-11H,12-13H2,1H3,(H,30,32). The first-order valence-electron chi connectivity index (χ1n) is 9.95. The van der Waals surface area contributed by atoms with Gasteiger partial charge in [-0.1, -0.05) is 58.6 Å². The second kappa shape index (κ2) is 10.8. The molecule has 186 valence electrons. The number of hydrogen-bond acceptors (Lipinski definition) is 3. The van der Waals surface area contributed by atoms with Crippen molar-refractivity contribution in [1.29, 1.82) is 0 Å². The van der Waals surface area contributed by atoms with Gasteiger partial charge in [0.1, 0.15) is 0 Å². The second-order valence-corrected chi connectivity index (χ2v) is 10.7. The number of hydrogen-bond donors (Lipinski definition) is 1. The number of alkyl halides is 3. The number of anilines is 1. The summed E-state index contributed by atoms with van der Waals surface area (Å²) < 4.78 is 67.8. The van der Waals surface area contributed by atoms with Crippen LogP contribution in [0.3, 0.4) is 0 Å². The molecule has 0 aliphatic heterocycles. The fourth-order valence-electron chi connectivity index (χ4n) is 3.15. The van der Waals surface area contributed by atoms with Crippen molar-refractivity contribution in [2.75, 3.05) is 11.9 Å². The maximum Gasteiger partial charge on any atom is 0.418 e. The number of amides is 1. The highest BCUT2D eigenvalue weighted by Gasteiger charge is 2.35. The molecule has 0 fully saturated rings. The van der Waals surface area contributed by atoms with Gasteiger partial charge in [-0.15, -0.1) is 0 Å². The van der Waals surface area contributed by atoms with Crippen molar-refractivity contribution in [2.45, 2.75) is 24.5 Å². The second-order valence-electron chi connectivity index (χ2n) is 7.52. The van der Waals surface area contributed by atoms with E-state index in [2.05, 4.69) is 5.32 Å². The van der Waals surface area contributed by atoms with E-state index < -0.39 is 46.4 Å². The Labute approximate surface area is 215 Å². The van der Waals surface area contributed by atoms with E-state index >= 15 is 0 Å². The number of carbonyl (C=O) groups is 1. The number of halogens is 6. The van der Waals surface area contributed by atoms with E-state index in [-0.39, 0.29) is 25.5 Å². The summed E-state index contributed by atoms with van der Waals surface area (Å²) in [6.45, 7) is 0.571. The third-order valence-corrected chi connectivity index (χ3v) is 7.69. The number of aryl methyl sites for hydroxylation is 1. The number of carbonyl (C=O) groups excluding carboxylic acids is 1. The van der Waals surface area contributed by atoms with Crippen LogP contribution in [0.2, 0.25) is 15.1 Å². The van der Waals surface area contributed by atoms with Crippen LogP contribution in [0.4, 0.5) is 18.9 Å². The summed E-state index contributed by atoms with van der Waals surface area (Å²) in [7, 11) is -4.27. The summed E-state index contributed by atoms with van der Waals surface area (Å²) in [6.07, 6.45) is -4.80. The lowest BCUT2D eigenvalue weighted by Crippen LogP contribution is -2.38. The quantitative estimate of drug-likeness (QED) is 0.342. The van der Waals surface area contributed by atoms with Gasteiger partial charge < -0.3 is 5.32 Å². The van der Waals surface area contributed by atoms with E-state index in [0.717, 1.165) is 15.9 Å². The normalized spacial score (nSPS) is 12.1. The summed E-state index contributed by atoms with van der Waals surface area (Å²) in [5.74, 6) is -1.00. The Morgan fingerprint density at radius 1 is 0.971 bits per heavy atom. The van der Waals surface area contributed by atoms with Crippen molar-refractivity contribution < 1.29 is 26.4 Å². The van der Waals surface area contributed by atoms with Gasteiger partial charge in [0.15, 0.2) is 0 Å². The van der Waals surface area contributed by atoms with E-state index in [1.807, 2.05) is 0 Å². The van der Waals surface area contributed by atoms with E-state index in [4.69, 9.17) is 34.8 Å². The SMILES string of the molecule is Cc1ccc(S(=O)(=O)N(CC(=O)Nc2ccc(Cl)cc2C(F)(F)F)Cc2c(Cl)cccc2Cl)cc1. The zero-order valence-corrected chi connectivity index (χ0v) is 21.1. The van der Waals surface area contributed by atoms with Crippen LogP contribution < -0.4 is 5.32 Å². The maximum absolute atomic E-state index is 13.4. The number of sulfonamides is 1. The van der Waals surface area contributed by atoms with Crippen LogP contribution >= 0.6 is 34.8 Å². The van der Waals surface area contributed by atoms with Gasteiger partial charge in [-0.2, -0.15) is 17.5 Å². The maximum atomic E-state index is 13.4. The monoisotopic (exact) mass is 564 g/mol. The Kier molecular flexibility index (Phi) is 8.39. The van der Waals surface area contributed by atoms with Gasteiger partial charge in [0.2, 0.25) is 15.9 Å². The fourth-order valence-corrected chi connectivity index (χ4v) is 5.21. The van der Waals surface area contributed by atoms with Gasteiger partial charge in [0.05, 0.1) is 22.7 Å². The lowest BCUT2D eigenvalue weighted by atomic mass is 10.1. The van der Waals surface area contributed by atoms with Crippen molar-refractivity contribution in [1.82, 2.24) is 4.31 Å². The van der Waals surface area contributed by atoms with Gasteiger partial charge in [0, 0.05) is 27.2 Å². The highest BCUT2D eigenvalue weighted by atomic mass is 35.5. The van der Waals surface area contributed by atoms with E-state index in [0.29, 0.717) is 6.07 Å². The summed E-state index contributed by atoms with van der Waals surface area (Å²) >= 11 is 18.1. The van der Waals surface area contributed by atoms with Gasteiger partial charge in [-0.25, -0.2) is 8.42 Å². The minimum Gasteiger partial charge on any atom is -0.324 e. The summed E-state index contributed by atoms with van der Waals surface area (Å²) in [6, 6.07) is 13.3. The smallest absolute Gasteiger partial charge is 0.324 e. The molecule has 0 unspecified atom stereocenters. The van der Waals surface area contributed by atoms with Crippen LogP contribution in [0.5, 0.6) is 0 Å². The highest BCUT2D eigenvalue weighted by molar-refractivity contribution is 7.89. The number of nitrogens with one attached hydrogen (secondary N) is 1. The molecule has 0 spiro atoms. The lowest BCUT2D eigenvalue weighted by Gasteiger charge is -2.23. The third kappa shape index (κ3) is 6.68. The molecule has 0 saturated heterocycles. The van der Waals surface area contributed by atoms with Crippen LogP contribution in [0.1, 0.15) is 16.7 Å². The molecule has 3 aromatic rings. The van der Waals surface area contributed by atoms with Gasteiger partial charge in [-0.3, -0.25) is 4.79 Å². The average Bonchev–Trinajstić information content (AvgIpc) is 2.76. The van der Waals surface area contributed by atoms with Gasteiger partial charge in [0.25, 0.3) is 0 Å². The van der Waals surface area contributed by atoms with Crippen molar-refractivity contribution in [3.8, 4) is 0 Å². The molecule has 0 bridgehead atoms. The fraction of sp³-hybridized carbons (Fsp3) is 0.174. The Morgan fingerprint density at radius 3 is 2.14 bits per heavy atom. The zero-order valence-electron chi connectivity index (χ0n) is 18.0. The first kappa shape index (κ1) is 27.3. The van der Waals surface area contributed by atoms with Crippen LogP contribution in [0.25, 0.3) is 0 Å². The molecule has 0 radical (unpaired) electrons. The first-order valence-corrected chi connectivity index (χ1v) is 12.5. The zero-order chi connectivity index (χ0) is 26.0. The molecule has 0 aliphatic rings. The number of nitrogens with zero attached hydrogens (tertiary/aromatic N) is 1. The molecular formula is C23H18Cl3F3N2O3S. The predicted octanol–water partition coefficient (Wildman–Crippen LogP) is 6.80. The average molecular weight is 566 g/mol. The Bertz CT molecular complexity index is 1330. The molecule has 0 aromatic heterocycles. The number of benzene rings is 3. The predicted molar refractivity (Wildman–Crippen MR) is 130 cm³/mol. The minimum atomic E-state index is -4.80. The third-order valence-electron chi connectivity index (χ3n) is 4.94. The largest absolute Gasteiger partial charge is 0.418 e. The van der Waals surface area contributed by atoms with Crippen LogP contribution in [0.15, 0.2) is 65.6 Å². The molecule has 1 amide bonds. The molecule has 5 nitrogen and oxygen atoms in total. The Balaban J connectivity index is 1.97. The minimum absolute atomic E-state index is 0.110. The molecule has 0 heterocycles. The van der Waals surface area contributed by atoms with Crippen LogP contribution in [-0.4, -0.2) is 25.2 Å². The topological polar surface area (TPSA) is 66.5 Å². The molecule has 0 saturated carbocycles. The van der Waals surface area contributed by atoms with Gasteiger partial charge >= 0.3 is 6.18 Å². The van der Waals surface area contributed by atoms with Crippen molar-refractivity contribution >= 4 is 56.4 Å². The Morgan fingerprint density at radius 2 is 1.57 bits per heavy atom. The highest BCUT2D eigenvalue weighted by Crippen LogP contribution is 2.36. The molecule has 12 heteroatoms. The lowest BCUT2D eigenvalue weighted by molar-refractivity contribution is -0.137. The summed E-state index contributed by atoms with van der Waals surface area (Å²) in [4.78, 5) is 12.7. The summed E-state index contributed by atoms with van der Waals surface area (Å²) in [5, 5.41) is 2.29. The van der Waals surface area contributed by atoms with Crippen LogP contribution in [0, 0.1) is 6.92 Å². The molecule has 35 heavy (non-hydrogen) atoms. The van der Waals surface area contributed by atoms with E-state index in [1.165, 1.54) is 30.3 Å².